The highest BCUT2D eigenvalue weighted by Crippen LogP contribution is 2.30. The number of hydrogen-bond donors (Lipinski definition) is 1. The molecule has 126 valence electrons. The molecule has 9 heteroatoms. The fourth-order valence-electron chi connectivity index (χ4n) is 2.65. The Morgan fingerprint density at radius 1 is 1.24 bits per heavy atom. The minimum absolute atomic E-state index is 0.137. The Morgan fingerprint density at radius 3 is 2.64 bits per heavy atom. The van der Waals surface area contributed by atoms with Gasteiger partial charge in [-0.05, 0) is 37.1 Å². The van der Waals surface area contributed by atoms with Crippen molar-refractivity contribution in [2.75, 3.05) is 5.75 Å². The molecule has 1 aliphatic rings. The summed E-state index contributed by atoms with van der Waals surface area (Å²) < 4.78 is 1.35. The smallest absolute Gasteiger partial charge is 0.267 e. The van der Waals surface area contributed by atoms with Crippen LogP contribution in [0.5, 0.6) is 0 Å². The third-order valence-corrected chi connectivity index (χ3v) is 6.17. The predicted molar refractivity (Wildman–Crippen MR) is 97.5 cm³/mol. The van der Waals surface area contributed by atoms with E-state index in [9.17, 15) is 9.70 Å². The molecule has 0 bridgehead atoms. The van der Waals surface area contributed by atoms with Crippen LogP contribution in [0.25, 0.3) is 10.2 Å². The first-order valence-electron chi connectivity index (χ1n) is 7.45. The lowest BCUT2D eigenvalue weighted by molar-refractivity contribution is -0.729. The Balaban J connectivity index is 1.85. The average molecular weight is 373 g/mol. The first kappa shape index (κ1) is 16.0. The Labute approximate surface area is 150 Å². The zero-order valence-corrected chi connectivity index (χ0v) is 15.0. The Morgan fingerprint density at radius 2 is 1.96 bits per heavy atom. The van der Waals surface area contributed by atoms with Crippen LogP contribution in [0.4, 0.5) is 5.69 Å². The van der Waals surface area contributed by atoms with Crippen LogP contribution in [-0.4, -0.2) is 31.3 Å². The molecule has 7 nitrogen and oxygen atoms in total. The van der Waals surface area contributed by atoms with Crippen molar-refractivity contribution in [3.8, 4) is 0 Å². The molecule has 2 aromatic heterocycles. The van der Waals surface area contributed by atoms with Crippen LogP contribution >= 0.6 is 23.1 Å². The number of aryl methyl sites for hydroxylation is 2. The van der Waals surface area contributed by atoms with Gasteiger partial charge in [-0.3, -0.25) is 4.79 Å². The highest BCUT2D eigenvalue weighted by atomic mass is 32.2. The van der Waals surface area contributed by atoms with Crippen LogP contribution in [0.2, 0.25) is 0 Å². The molecule has 4 rings (SSSR count). The normalized spacial score (nSPS) is 13.6. The third kappa shape index (κ3) is 2.56. The van der Waals surface area contributed by atoms with E-state index < -0.39 is 0 Å². The van der Waals surface area contributed by atoms with Gasteiger partial charge in [0.2, 0.25) is 0 Å². The molecule has 0 saturated carbocycles. The summed E-state index contributed by atoms with van der Waals surface area (Å²) in [5, 5.41) is 14.6. The van der Waals surface area contributed by atoms with Crippen LogP contribution in [0, 0.1) is 18.8 Å². The standard InChI is InChI=1S/C16H13N4O3S2/c1-8-9(2)25-14-13(8)15(21)19-16(17-14)24-7-12(18-19)10-3-5-11(6-4-10)20(22)23/h3-6H,7H2,1-2H3,(H,22,23)/q+1. The van der Waals surface area contributed by atoms with Crippen LogP contribution in [-0.2, 0) is 0 Å². The van der Waals surface area contributed by atoms with Gasteiger partial charge in [0.1, 0.15) is 4.83 Å². The molecular weight excluding hydrogens is 360 g/mol. The molecule has 3 aromatic rings. The number of nitrogens with zero attached hydrogens (tertiary/aromatic N) is 4. The summed E-state index contributed by atoms with van der Waals surface area (Å²) in [5.74, 6) is 0.570. The highest BCUT2D eigenvalue weighted by Gasteiger charge is 2.22. The first-order chi connectivity index (χ1) is 12.0. The molecule has 0 unspecified atom stereocenters. The van der Waals surface area contributed by atoms with Crippen molar-refractivity contribution in [1.82, 2.24) is 9.66 Å². The summed E-state index contributed by atoms with van der Waals surface area (Å²) in [7, 11) is 0. The molecule has 25 heavy (non-hydrogen) atoms. The molecular formula is C16H13N4O3S2+. The summed E-state index contributed by atoms with van der Waals surface area (Å²) in [4.78, 5) is 30.0. The summed E-state index contributed by atoms with van der Waals surface area (Å²) in [5.41, 5.74) is 2.42. The van der Waals surface area contributed by atoms with Crippen molar-refractivity contribution in [1.29, 1.82) is 0 Å². The van der Waals surface area contributed by atoms with Crippen molar-refractivity contribution in [2.45, 2.75) is 19.0 Å². The van der Waals surface area contributed by atoms with Gasteiger partial charge in [0.15, 0.2) is 5.16 Å². The maximum absolute atomic E-state index is 12.9. The lowest BCUT2D eigenvalue weighted by atomic mass is 10.1. The lowest BCUT2D eigenvalue weighted by Crippen LogP contribution is -2.25. The minimum Gasteiger partial charge on any atom is -0.267 e. The molecule has 0 saturated heterocycles. The molecule has 0 aliphatic carbocycles. The van der Waals surface area contributed by atoms with Gasteiger partial charge in [-0.15, -0.1) is 11.3 Å². The van der Waals surface area contributed by atoms with Crippen molar-refractivity contribution in [3.63, 3.8) is 0 Å². The molecule has 0 radical (unpaired) electrons. The van der Waals surface area contributed by atoms with E-state index in [-0.39, 0.29) is 16.2 Å². The van der Waals surface area contributed by atoms with Gasteiger partial charge in [0.05, 0.1) is 16.0 Å². The fraction of sp³-hybridized carbons (Fsp3) is 0.188. The van der Waals surface area contributed by atoms with Crippen LogP contribution < -0.4 is 5.56 Å². The van der Waals surface area contributed by atoms with E-state index in [1.165, 1.54) is 39.9 Å². The summed E-state index contributed by atoms with van der Waals surface area (Å²) in [6, 6.07) is 6.39. The second-order valence-corrected chi connectivity index (χ2v) is 7.78. The number of aromatic nitrogens is 2. The van der Waals surface area contributed by atoms with E-state index in [1.54, 1.807) is 12.1 Å². The van der Waals surface area contributed by atoms with Gasteiger partial charge in [0, 0.05) is 22.8 Å². The van der Waals surface area contributed by atoms with Crippen molar-refractivity contribution >= 4 is 44.7 Å². The first-order valence-corrected chi connectivity index (χ1v) is 9.26. The summed E-state index contributed by atoms with van der Waals surface area (Å²) in [6.07, 6.45) is 0. The summed E-state index contributed by atoms with van der Waals surface area (Å²) >= 11 is 2.98. The lowest BCUT2D eigenvalue weighted by Gasteiger charge is -2.15. The van der Waals surface area contributed by atoms with E-state index in [0.29, 0.717) is 22.0 Å². The number of benzene rings is 1. The fourth-order valence-corrected chi connectivity index (χ4v) is 4.62. The van der Waals surface area contributed by atoms with Gasteiger partial charge in [-0.25, -0.2) is 10.2 Å². The van der Waals surface area contributed by atoms with Gasteiger partial charge in [-0.2, -0.15) is 9.78 Å². The van der Waals surface area contributed by atoms with Gasteiger partial charge >= 0.3 is 5.69 Å². The van der Waals surface area contributed by atoms with Crippen LogP contribution in [0.1, 0.15) is 16.0 Å². The molecule has 0 fully saturated rings. The van der Waals surface area contributed by atoms with Gasteiger partial charge < -0.3 is 0 Å². The molecule has 3 heterocycles. The van der Waals surface area contributed by atoms with E-state index >= 15 is 0 Å². The molecule has 1 N–H and O–H groups in total. The maximum Gasteiger partial charge on any atom is 0.316 e. The number of thiophene rings is 1. The van der Waals surface area contributed by atoms with Crippen molar-refractivity contribution in [3.05, 3.63) is 55.5 Å². The highest BCUT2D eigenvalue weighted by molar-refractivity contribution is 7.99. The maximum atomic E-state index is 12.9. The quantitative estimate of drug-likeness (QED) is 0.550. The van der Waals surface area contributed by atoms with E-state index in [1.807, 2.05) is 13.8 Å². The Hall–Kier alpha value is -2.52. The Bertz CT molecular complexity index is 1110. The predicted octanol–water partition coefficient (Wildman–Crippen LogP) is 3.23. The van der Waals surface area contributed by atoms with E-state index in [2.05, 4.69) is 10.1 Å². The minimum atomic E-state index is -0.191. The molecule has 0 atom stereocenters. The monoisotopic (exact) mass is 373 g/mol. The van der Waals surface area contributed by atoms with Gasteiger partial charge in [0.25, 0.3) is 10.5 Å². The van der Waals surface area contributed by atoms with Crippen molar-refractivity contribution in [2.24, 2.45) is 5.10 Å². The van der Waals surface area contributed by atoms with Crippen molar-refractivity contribution < 1.29 is 10.1 Å². The third-order valence-electron chi connectivity index (χ3n) is 4.13. The largest absolute Gasteiger partial charge is 0.316 e. The molecule has 1 aliphatic heterocycles. The summed E-state index contributed by atoms with van der Waals surface area (Å²) in [6.45, 7) is 3.90. The van der Waals surface area contributed by atoms with E-state index in [4.69, 9.17) is 5.21 Å². The Kier molecular flexibility index (Phi) is 3.69. The number of thioether (sulfide) groups is 1. The average Bonchev–Trinajstić information content (AvgIpc) is 2.89. The zero-order chi connectivity index (χ0) is 17.7. The number of fused-ring (bicyclic) bond motifs is 2. The zero-order valence-electron chi connectivity index (χ0n) is 13.4. The SMILES string of the molecule is Cc1sc2nc3n(c(=O)c2c1C)N=C(c1ccc([N+](=O)O)cc1)CS3. The molecule has 0 amide bonds. The van der Waals surface area contributed by atoms with E-state index in [0.717, 1.165) is 20.8 Å². The second-order valence-electron chi connectivity index (χ2n) is 5.63. The topological polar surface area (TPSA) is 87.6 Å². The number of rotatable bonds is 2. The molecule has 1 aromatic carbocycles. The second kappa shape index (κ2) is 5.78. The van der Waals surface area contributed by atoms with Gasteiger partial charge in [-0.1, -0.05) is 11.8 Å². The molecule has 0 spiro atoms. The van der Waals surface area contributed by atoms with Crippen LogP contribution in [0.3, 0.4) is 0 Å². The number of hydrogen-bond acceptors (Lipinski definition) is 6. The van der Waals surface area contributed by atoms with Crippen LogP contribution in [0.15, 0.2) is 39.3 Å².